The minimum atomic E-state index is -4.57. The Morgan fingerprint density at radius 1 is 1.11 bits per heavy atom. The highest BCUT2D eigenvalue weighted by Gasteiger charge is 2.34. The molecule has 0 aliphatic carbocycles. The van der Waals surface area contributed by atoms with Crippen molar-refractivity contribution in [3.05, 3.63) is 70.5 Å². The topological polar surface area (TPSA) is 103 Å². The fourth-order valence-electron chi connectivity index (χ4n) is 4.33. The number of H-pyrrole nitrogens is 2. The van der Waals surface area contributed by atoms with Crippen molar-refractivity contribution in [1.29, 1.82) is 0 Å². The molecule has 0 unspecified atom stereocenters. The summed E-state index contributed by atoms with van der Waals surface area (Å²) < 4.78 is 38.6. The third-order valence-electron chi connectivity index (χ3n) is 6.06. The lowest BCUT2D eigenvalue weighted by Gasteiger charge is -2.12. The number of hydrogen-bond acceptors (Lipinski definition) is 6. The van der Waals surface area contributed by atoms with Gasteiger partial charge in [-0.1, -0.05) is 12.1 Å². The van der Waals surface area contributed by atoms with E-state index in [0.29, 0.717) is 5.69 Å². The summed E-state index contributed by atoms with van der Waals surface area (Å²) in [6.07, 6.45) is -2.85. The molecule has 1 amide bonds. The number of halogens is 3. The first kappa shape index (κ1) is 22.4. The molecular formula is C24H18F3N7OS. The number of amides is 1. The Hall–Kier alpha value is -4.03. The van der Waals surface area contributed by atoms with Crippen LogP contribution in [0, 0.1) is 0 Å². The van der Waals surface area contributed by atoms with Crippen LogP contribution in [-0.4, -0.2) is 43.2 Å². The summed E-state index contributed by atoms with van der Waals surface area (Å²) in [5.41, 5.74) is 4.76. The average molecular weight is 510 g/mol. The number of thiazole rings is 1. The van der Waals surface area contributed by atoms with E-state index in [1.54, 1.807) is 6.20 Å². The van der Waals surface area contributed by atoms with Crippen LogP contribution >= 0.6 is 11.3 Å². The smallest absolute Gasteiger partial charge is 0.320 e. The van der Waals surface area contributed by atoms with Crippen molar-refractivity contribution in [1.82, 2.24) is 30.3 Å². The molecule has 3 aromatic heterocycles. The molecule has 0 bridgehead atoms. The molecule has 0 fully saturated rings. The van der Waals surface area contributed by atoms with E-state index in [9.17, 15) is 18.0 Å². The Kier molecular flexibility index (Phi) is 5.16. The molecule has 1 aliphatic rings. The highest BCUT2D eigenvalue weighted by Crippen LogP contribution is 2.36. The first-order valence-electron chi connectivity index (χ1n) is 10.9. The number of benzene rings is 2. The monoisotopic (exact) mass is 509 g/mol. The van der Waals surface area contributed by atoms with Gasteiger partial charge in [-0.25, -0.2) is 4.98 Å². The van der Waals surface area contributed by atoms with E-state index in [1.807, 2.05) is 18.2 Å². The average Bonchev–Trinajstić information content (AvgIpc) is 3.62. The second-order valence-corrected chi connectivity index (χ2v) is 9.53. The predicted molar refractivity (Wildman–Crippen MR) is 129 cm³/mol. The quantitative estimate of drug-likeness (QED) is 0.305. The number of nitrogens with one attached hydrogen (secondary N) is 3. The van der Waals surface area contributed by atoms with Gasteiger partial charge in [-0.15, -0.1) is 11.3 Å². The van der Waals surface area contributed by atoms with Crippen LogP contribution < -0.4 is 5.32 Å². The SMILES string of the molecule is CN1Cc2ccc(-c3cc4cn[nH]c4cc3NC(=O)c3csc(-c4cc(C(F)(F)F)n[nH]4)n3)cc2C1. The number of hydrogen-bond donors (Lipinski definition) is 3. The van der Waals surface area contributed by atoms with Gasteiger partial charge in [0.05, 0.1) is 23.1 Å². The molecule has 6 rings (SSSR count). The van der Waals surface area contributed by atoms with E-state index in [2.05, 4.69) is 54.8 Å². The summed E-state index contributed by atoms with van der Waals surface area (Å²) in [5.74, 6) is -0.478. The highest BCUT2D eigenvalue weighted by atomic mass is 32.1. The first-order chi connectivity index (χ1) is 17.2. The fourth-order valence-corrected chi connectivity index (χ4v) is 5.10. The number of anilines is 1. The largest absolute Gasteiger partial charge is 0.435 e. The summed E-state index contributed by atoms with van der Waals surface area (Å²) in [7, 11) is 2.07. The third-order valence-corrected chi connectivity index (χ3v) is 6.94. The van der Waals surface area contributed by atoms with Gasteiger partial charge < -0.3 is 5.32 Å². The molecule has 8 nitrogen and oxygen atoms in total. The van der Waals surface area contributed by atoms with Crippen molar-refractivity contribution in [2.75, 3.05) is 12.4 Å². The number of rotatable bonds is 4. The number of carbonyl (C=O) groups excluding carboxylic acids is 1. The zero-order valence-corrected chi connectivity index (χ0v) is 19.6. The van der Waals surface area contributed by atoms with E-state index in [4.69, 9.17) is 0 Å². The van der Waals surface area contributed by atoms with Gasteiger partial charge in [0.25, 0.3) is 5.91 Å². The van der Waals surface area contributed by atoms with E-state index in [0.717, 1.165) is 52.5 Å². The molecule has 4 heterocycles. The highest BCUT2D eigenvalue weighted by molar-refractivity contribution is 7.13. The van der Waals surface area contributed by atoms with Crippen LogP contribution in [0.15, 0.2) is 48.0 Å². The number of aromatic amines is 2. The summed E-state index contributed by atoms with van der Waals surface area (Å²) in [6, 6.07) is 10.9. The second kappa shape index (κ2) is 8.28. The van der Waals surface area contributed by atoms with Crippen molar-refractivity contribution in [2.24, 2.45) is 0 Å². The van der Waals surface area contributed by atoms with Gasteiger partial charge in [0.15, 0.2) is 5.69 Å². The maximum Gasteiger partial charge on any atom is 0.435 e. The van der Waals surface area contributed by atoms with Crippen molar-refractivity contribution in [3.8, 4) is 21.8 Å². The predicted octanol–water partition coefficient (Wildman–Crippen LogP) is 5.29. The number of alkyl halides is 3. The lowest BCUT2D eigenvalue weighted by molar-refractivity contribution is -0.141. The molecule has 36 heavy (non-hydrogen) atoms. The Balaban J connectivity index is 1.32. The zero-order chi connectivity index (χ0) is 25.0. The standard InChI is InChI=1S/C24H18F3N7OS/c1-34-9-13-3-2-12(4-15(13)10-34)16-5-14-8-28-31-17(14)6-18(16)29-22(35)20-11-36-23(30-20)19-7-21(33-32-19)24(25,26)27/h2-8,11H,9-10H2,1H3,(H,28,31)(H,29,35)(H,32,33). The number of nitrogens with zero attached hydrogens (tertiary/aromatic N) is 4. The van der Waals surface area contributed by atoms with E-state index < -0.39 is 17.8 Å². The molecule has 0 radical (unpaired) electrons. The molecule has 182 valence electrons. The summed E-state index contributed by atoms with van der Waals surface area (Å²) >= 11 is 1.05. The van der Waals surface area contributed by atoms with E-state index in [1.165, 1.54) is 16.5 Å². The molecule has 3 N–H and O–H groups in total. The maximum atomic E-state index is 13.1. The van der Waals surface area contributed by atoms with Gasteiger partial charge in [0, 0.05) is 29.4 Å². The Labute approximate surface area is 206 Å². The van der Waals surface area contributed by atoms with E-state index >= 15 is 0 Å². The number of fused-ring (bicyclic) bond motifs is 2. The van der Waals surface area contributed by atoms with Crippen molar-refractivity contribution < 1.29 is 18.0 Å². The van der Waals surface area contributed by atoms with Gasteiger partial charge in [-0.2, -0.15) is 23.4 Å². The maximum absolute atomic E-state index is 13.1. The minimum Gasteiger partial charge on any atom is -0.320 e. The molecule has 0 saturated carbocycles. The zero-order valence-electron chi connectivity index (χ0n) is 18.8. The van der Waals surface area contributed by atoms with Crippen LogP contribution in [-0.2, 0) is 19.3 Å². The van der Waals surface area contributed by atoms with Crippen molar-refractivity contribution >= 4 is 33.8 Å². The lowest BCUT2D eigenvalue weighted by Crippen LogP contribution is -2.13. The lowest BCUT2D eigenvalue weighted by atomic mass is 9.98. The Bertz CT molecular complexity index is 1620. The number of carbonyl (C=O) groups is 1. The Morgan fingerprint density at radius 3 is 2.75 bits per heavy atom. The molecule has 0 saturated heterocycles. The molecule has 2 aromatic carbocycles. The molecule has 12 heteroatoms. The van der Waals surface area contributed by atoms with Gasteiger partial charge >= 0.3 is 6.18 Å². The second-order valence-electron chi connectivity index (χ2n) is 8.67. The van der Waals surface area contributed by atoms with Gasteiger partial charge in [-0.05, 0) is 48.0 Å². The Morgan fingerprint density at radius 2 is 1.94 bits per heavy atom. The van der Waals surface area contributed by atoms with E-state index in [-0.39, 0.29) is 16.4 Å². The van der Waals surface area contributed by atoms with Gasteiger partial charge in [-0.3, -0.25) is 19.9 Å². The normalized spacial score (nSPS) is 13.9. The minimum absolute atomic E-state index is 0.0874. The van der Waals surface area contributed by atoms with Crippen molar-refractivity contribution in [2.45, 2.75) is 19.3 Å². The summed E-state index contributed by atoms with van der Waals surface area (Å²) in [5, 5.41) is 18.2. The first-order valence-corrected chi connectivity index (χ1v) is 11.8. The van der Waals surface area contributed by atoms with Crippen LogP contribution in [0.2, 0.25) is 0 Å². The molecule has 0 spiro atoms. The molecular weight excluding hydrogens is 491 g/mol. The van der Waals surface area contributed by atoms with Crippen LogP contribution in [0.5, 0.6) is 0 Å². The summed E-state index contributed by atoms with van der Waals surface area (Å²) in [6.45, 7) is 1.75. The van der Waals surface area contributed by atoms with Crippen LogP contribution in [0.4, 0.5) is 18.9 Å². The fraction of sp³-hybridized carbons (Fsp3) is 0.167. The van der Waals surface area contributed by atoms with Gasteiger partial charge in [0.1, 0.15) is 10.7 Å². The van der Waals surface area contributed by atoms with Crippen LogP contribution in [0.1, 0.15) is 27.3 Å². The summed E-state index contributed by atoms with van der Waals surface area (Å²) in [4.78, 5) is 19.6. The van der Waals surface area contributed by atoms with Crippen LogP contribution in [0.25, 0.3) is 32.7 Å². The molecule has 1 aliphatic heterocycles. The third kappa shape index (κ3) is 4.03. The molecule has 5 aromatic rings. The molecule has 0 atom stereocenters. The van der Waals surface area contributed by atoms with Crippen molar-refractivity contribution in [3.63, 3.8) is 0 Å². The number of aromatic nitrogens is 5. The van der Waals surface area contributed by atoms with Gasteiger partial charge in [0.2, 0.25) is 0 Å². The van der Waals surface area contributed by atoms with Crippen LogP contribution in [0.3, 0.4) is 0 Å².